The quantitative estimate of drug-likeness (QED) is 0.595. The SMILES string of the molecule is CC(C)S(=O)(=O)CCOc1cc([N+](=O)[O-])ccc1Cl. The lowest BCUT2D eigenvalue weighted by Gasteiger charge is -2.10. The molecule has 0 bridgehead atoms. The fourth-order valence-corrected chi connectivity index (χ4v) is 2.18. The molecular formula is C11H14ClNO5S. The summed E-state index contributed by atoms with van der Waals surface area (Å²) in [5.41, 5.74) is -0.161. The Morgan fingerprint density at radius 3 is 2.58 bits per heavy atom. The summed E-state index contributed by atoms with van der Waals surface area (Å²) in [5, 5.41) is 10.3. The van der Waals surface area contributed by atoms with Gasteiger partial charge in [-0.05, 0) is 19.9 Å². The molecule has 0 fully saturated rings. The summed E-state index contributed by atoms with van der Waals surface area (Å²) in [6.45, 7) is 3.06. The molecule has 0 unspecified atom stereocenters. The molecule has 0 aliphatic rings. The van der Waals surface area contributed by atoms with Gasteiger partial charge < -0.3 is 4.74 Å². The molecule has 0 saturated carbocycles. The molecule has 0 spiro atoms. The van der Waals surface area contributed by atoms with E-state index in [1.165, 1.54) is 18.2 Å². The Bertz CT molecular complexity index is 570. The van der Waals surface area contributed by atoms with Crippen molar-refractivity contribution in [2.24, 2.45) is 0 Å². The van der Waals surface area contributed by atoms with Crippen LogP contribution in [0.3, 0.4) is 0 Å². The zero-order valence-corrected chi connectivity index (χ0v) is 12.1. The standard InChI is InChI=1S/C11H14ClNO5S/c1-8(2)19(16,17)6-5-18-11-7-9(13(14)15)3-4-10(11)12/h3-4,7-8H,5-6H2,1-2H3. The van der Waals surface area contributed by atoms with Crippen LogP contribution >= 0.6 is 11.6 Å². The predicted octanol–water partition coefficient (Wildman–Crippen LogP) is 2.45. The lowest BCUT2D eigenvalue weighted by atomic mass is 10.3. The number of rotatable bonds is 6. The van der Waals surface area contributed by atoms with Crippen LogP contribution in [0.4, 0.5) is 5.69 Å². The molecule has 0 saturated heterocycles. The number of benzene rings is 1. The smallest absolute Gasteiger partial charge is 0.273 e. The van der Waals surface area contributed by atoms with Crippen molar-refractivity contribution in [1.29, 1.82) is 0 Å². The molecule has 1 aromatic carbocycles. The number of nitrogens with zero attached hydrogens (tertiary/aromatic N) is 1. The number of hydrogen-bond donors (Lipinski definition) is 0. The molecule has 0 aliphatic carbocycles. The van der Waals surface area contributed by atoms with Crippen molar-refractivity contribution in [2.75, 3.05) is 12.4 Å². The Morgan fingerprint density at radius 1 is 1.42 bits per heavy atom. The lowest BCUT2D eigenvalue weighted by molar-refractivity contribution is -0.384. The zero-order valence-electron chi connectivity index (χ0n) is 10.5. The molecule has 6 nitrogen and oxygen atoms in total. The Morgan fingerprint density at radius 2 is 2.05 bits per heavy atom. The van der Waals surface area contributed by atoms with E-state index in [1.807, 2.05) is 0 Å². The van der Waals surface area contributed by atoms with Gasteiger partial charge in [0.15, 0.2) is 9.84 Å². The van der Waals surface area contributed by atoms with Crippen molar-refractivity contribution in [2.45, 2.75) is 19.1 Å². The molecule has 19 heavy (non-hydrogen) atoms. The van der Waals surface area contributed by atoms with Gasteiger partial charge in [0.2, 0.25) is 0 Å². The van der Waals surface area contributed by atoms with Crippen LogP contribution in [0.2, 0.25) is 5.02 Å². The highest BCUT2D eigenvalue weighted by atomic mass is 35.5. The van der Waals surface area contributed by atoms with Crippen LogP contribution in [-0.2, 0) is 9.84 Å². The van der Waals surface area contributed by atoms with E-state index in [4.69, 9.17) is 16.3 Å². The van der Waals surface area contributed by atoms with Gasteiger partial charge in [0.1, 0.15) is 12.4 Å². The van der Waals surface area contributed by atoms with Crippen molar-refractivity contribution >= 4 is 27.1 Å². The first-order valence-electron chi connectivity index (χ1n) is 5.52. The molecule has 0 radical (unpaired) electrons. The van der Waals surface area contributed by atoms with Crippen LogP contribution in [-0.4, -0.2) is 31.0 Å². The molecule has 0 atom stereocenters. The van der Waals surface area contributed by atoms with Crippen molar-refractivity contribution < 1.29 is 18.1 Å². The number of hydrogen-bond acceptors (Lipinski definition) is 5. The van der Waals surface area contributed by atoms with Crippen LogP contribution in [0.5, 0.6) is 5.75 Å². The first kappa shape index (κ1) is 15.7. The van der Waals surface area contributed by atoms with Crippen LogP contribution in [0, 0.1) is 10.1 Å². The van der Waals surface area contributed by atoms with Gasteiger partial charge in [-0.2, -0.15) is 0 Å². The van der Waals surface area contributed by atoms with Gasteiger partial charge in [-0.15, -0.1) is 0 Å². The molecular weight excluding hydrogens is 294 g/mol. The van der Waals surface area contributed by atoms with E-state index in [0.717, 1.165) is 0 Å². The number of non-ortho nitro benzene ring substituents is 1. The summed E-state index contributed by atoms with van der Waals surface area (Å²) in [5.74, 6) is -0.0567. The fourth-order valence-electron chi connectivity index (χ4n) is 1.22. The number of halogens is 1. The van der Waals surface area contributed by atoms with Crippen LogP contribution in [0.25, 0.3) is 0 Å². The minimum absolute atomic E-state index is 0.0958. The van der Waals surface area contributed by atoms with Crippen molar-refractivity contribution in [1.82, 2.24) is 0 Å². The summed E-state index contributed by atoms with van der Waals surface area (Å²) in [4.78, 5) is 10.0. The van der Waals surface area contributed by atoms with Crippen molar-refractivity contribution in [3.05, 3.63) is 33.3 Å². The first-order chi connectivity index (χ1) is 8.74. The van der Waals surface area contributed by atoms with Crippen LogP contribution in [0.15, 0.2) is 18.2 Å². The second-order valence-corrected chi connectivity index (χ2v) is 7.22. The van der Waals surface area contributed by atoms with E-state index >= 15 is 0 Å². The summed E-state index contributed by atoms with van der Waals surface area (Å²) in [6.07, 6.45) is 0. The number of sulfone groups is 1. The molecule has 0 amide bonds. The number of nitro groups is 1. The third-order valence-electron chi connectivity index (χ3n) is 2.47. The van der Waals surface area contributed by atoms with Gasteiger partial charge in [0.25, 0.3) is 5.69 Å². The second-order valence-electron chi connectivity index (χ2n) is 4.14. The average molecular weight is 308 g/mol. The zero-order chi connectivity index (χ0) is 14.6. The molecule has 106 valence electrons. The Balaban J connectivity index is 2.73. The molecule has 0 heterocycles. The van der Waals surface area contributed by atoms with E-state index in [9.17, 15) is 18.5 Å². The molecule has 0 N–H and O–H groups in total. The van der Waals surface area contributed by atoms with Gasteiger partial charge >= 0.3 is 0 Å². The molecule has 8 heteroatoms. The Hall–Kier alpha value is -1.34. The first-order valence-corrected chi connectivity index (χ1v) is 7.61. The average Bonchev–Trinajstić information content (AvgIpc) is 2.30. The molecule has 1 aromatic rings. The maximum atomic E-state index is 11.6. The molecule has 1 rings (SSSR count). The summed E-state index contributed by atoms with van der Waals surface area (Å²) in [7, 11) is -3.21. The lowest BCUT2D eigenvalue weighted by Crippen LogP contribution is -2.22. The third-order valence-corrected chi connectivity index (χ3v) is 4.95. The number of ether oxygens (including phenoxy) is 1. The van der Waals surface area contributed by atoms with Crippen LogP contribution < -0.4 is 4.74 Å². The molecule has 0 aliphatic heterocycles. The van der Waals surface area contributed by atoms with E-state index in [2.05, 4.69) is 0 Å². The largest absolute Gasteiger partial charge is 0.491 e. The second kappa shape index (κ2) is 6.21. The van der Waals surface area contributed by atoms with Gasteiger partial charge in [0, 0.05) is 6.07 Å². The third kappa shape index (κ3) is 4.36. The van der Waals surface area contributed by atoms with Gasteiger partial charge in [-0.1, -0.05) is 11.6 Å². The van der Waals surface area contributed by atoms with Gasteiger partial charge in [-0.3, -0.25) is 10.1 Å². The Labute approximate surface area is 116 Å². The minimum atomic E-state index is -3.21. The summed E-state index contributed by atoms with van der Waals surface area (Å²) in [6, 6.07) is 3.76. The van der Waals surface area contributed by atoms with Crippen molar-refractivity contribution in [3.8, 4) is 5.75 Å². The van der Waals surface area contributed by atoms with Crippen molar-refractivity contribution in [3.63, 3.8) is 0 Å². The maximum Gasteiger partial charge on any atom is 0.273 e. The fraction of sp³-hybridized carbons (Fsp3) is 0.455. The van der Waals surface area contributed by atoms with Gasteiger partial charge in [-0.25, -0.2) is 8.42 Å². The summed E-state index contributed by atoms with van der Waals surface area (Å²) < 4.78 is 28.3. The highest BCUT2D eigenvalue weighted by Gasteiger charge is 2.17. The summed E-state index contributed by atoms with van der Waals surface area (Å²) >= 11 is 5.82. The Kier molecular flexibility index (Phi) is 5.13. The van der Waals surface area contributed by atoms with Gasteiger partial charge in [0.05, 0.1) is 27.0 Å². The van der Waals surface area contributed by atoms with E-state index in [0.29, 0.717) is 0 Å². The van der Waals surface area contributed by atoms with Crippen LogP contribution in [0.1, 0.15) is 13.8 Å². The molecule has 0 aromatic heterocycles. The number of nitro benzene ring substituents is 1. The van der Waals surface area contributed by atoms with E-state index in [1.54, 1.807) is 13.8 Å². The minimum Gasteiger partial charge on any atom is -0.491 e. The monoisotopic (exact) mass is 307 g/mol. The maximum absolute atomic E-state index is 11.6. The topological polar surface area (TPSA) is 86.5 Å². The highest BCUT2D eigenvalue weighted by molar-refractivity contribution is 7.91. The van der Waals surface area contributed by atoms with E-state index < -0.39 is 20.0 Å². The predicted molar refractivity (Wildman–Crippen MR) is 72.5 cm³/mol. The van der Waals surface area contributed by atoms with E-state index in [-0.39, 0.29) is 28.8 Å². The normalized spacial score (nSPS) is 11.6. The highest BCUT2D eigenvalue weighted by Crippen LogP contribution is 2.28.